The average molecular weight is 307 g/mol. The van der Waals surface area contributed by atoms with Gasteiger partial charge in [-0.1, -0.05) is 19.1 Å². The molecule has 0 amide bonds. The van der Waals surface area contributed by atoms with Gasteiger partial charge in [0.15, 0.2) is 0 Å². The van der Waals surface area contributed by atoms with Crippen molar-refractivity contribution in [3.63, 3.8) is 0 Å². The smallest absolute Gasteiger partial charge is 0.215 e. The zero-order chi connectivity index (χ0) is 15.3. The first kappa shape index (κ1) is 16.0. The molecule has 6 heteroatoms. The number of rotatable bonds is 5. The van der Waals surface area contributed by atoms with Crippen LogP contribution in [0, 0.1) is 16.7 Å². The second-order valence-electron chi connectivity index (χ2n) is 5.98. The van der Waals surface area contributed by atoms with Crippen molar-refractivity contribution >= 4 is 10.0 Å². The topological polar surface area (TPSA) is 82.0 Å². The van der Waals surface area contributed by atoms with Gasteiger partial charge in [0.2, 0.25) is 10.0 Å². The van der Waals surface area contributed by atoms with Crippen LogP contribution in [0.15, 0.2) is 24.3 Å². The summed E-state index contributed by atoms with van der Waals surface area (Å²) in [4.78, 5) is 0. The summed E-state index contributed by atoms with van der Waals surface area (Å²) in [5, 5.41) is 12.2. The number of sulfonamides is 1. The second-order valence-corrected chi connectivity index (χ2v) is 7.79. The summed E-state index contributed by atoms with van der Waals surface area (Å²) in [5.74, 6) is -0.0912. The first-order valence-corrected chi connectivity index (χ1v) is 8.75. The zero-order valence-electron chi connectivity index (χ0n) is 12.2. The monoisotopic (exact) mass is 307 g/mol. The van der Waals surface area contributed by atoms with Crippen LogP contribution < -0.4 is 10.0 Å². The fourth-order valence-electron chi connectivity index (χ4n) is 2.55. The van der Waals surface area contributed by atoms with Crippen LogP contribution in [-0.2, 0) is 15.8 Å². The molecule has 1 atom stereocenters. The van der Waals surface area contributed by atoms with Gasteiger partial charge >= 0.3 is 0 Å². The standard InChI is InChI=1S/C15H21N3O2S/c1-15(6-3-7-17-11-15)12-18-21(19,20)10-14-5-2-4-13(8-14)9-16/h2,4-5,8,17-18H,3,6-7,10-12H2,1H3. The van der Waals surface area contributed by atoms with Gasteiger partial charge in [-0.05, 0) is 42.5 Å². The molecule has 1 saturated heterocycles. The molecule has 0 spiro atoms. The Kier molecular flexibility index (Phi) is 4.99. The van der Waals surface area contributed by atoms with E-state index in [1.165, 1.54) is 0 Å². The number of nitriles is 1. The van der Waals surface area contributed by atoms with Gasteiger partial charge in [0.1, 0.15) is 0 Å². The zero-order valence-corrected chi connectivity index (χ0v) is 13.0. The molecule has 2 N–H and O–H groups in total. The minimum absolute atomic E-state index is 0.0280. The molecule has 0 bridgehead atoms. The Balaban J connectivity index is 1.97. The van der Waals surface area contributed by atoms with E-state index in [1.54, 1.807) is 24.3 Å². The van der Waals surface area contributed by atoms with Crippen molar-refractivity contribution in [2.45, 2.75) is 25.5 Å². The maximum atomic E-state index is 12.2. The molecule has 0 saturated carbocycles. The lowest BCUT2D eigenvalue weighted by atomic mass is 9.83. The molecule has 1 unspecified atom stereocenters. The summed E-state index contributed by atoms with van der Waals surface area (Å²) >= 11 is 0. The van der Waals surface area contributed by atoms with Crippen molar-refractivity contribution in [3.05, 3.63) is 35.4 Å². The largest absolute Gasteiger partial charge is 0.316 e. The first-order valence-electron chi connectivity index (χ1n) is 7.10. The van der Waals surface area contributed by atoms with Gasteiger partial charge in [-0.2, -0.15) is 5.26 Å². The molecule has 0 radical (unpaired) electrons. The van der Waals surface area contributed by atoms with Crippen LogP contribution in [0.25, 0.3) is 0 Å². The van der Waals surface area contributed by atoms with E-state index >= 15 is 0 Å². The van der Waals surface area contributed by atoms with Crippen LogP contribution in [0.2, 0.25) is 0 Å². The molecule has 1 aliphatic heterocycles. The first-order chi connectivity index (χ1) is 9.92. The number of piperidine rings is 1. The van der Waals surface area contributed by atoms with E-state index in [4.69, 9.17) is 5.26 Å². The van der Waals surface area contributed by atoms with Crippen LogP contribution in [0.1, 0.15) is 30.9 Å². The predicted molar refractivity (Wildman–Crippen MR) is 82.0 cm³/mol. The highest BCUT2D eigenvalue weighted by atomic mass is 32.2. The van der Waals surface area contributed by atoms with Crippen molar-refractivity contribution in [2.75, 3.05) is 19.6 Å². The molecule has 114 valence electrons. The highest BCUT2D eigenvalue weighted by Crippen LogP contribution is 2.24. The maximum Gasteiger partial charge on any atom is 0.215 e. The Morgan fingerprint density at radius 2 is 2.29 bits per heavy atom. The number of hydrogen-bond acceptors (Lipinski definition) is 4. The lowest BCUT2D eigenvalue weighted by Gasteiger charge is -2.34. The second kappa shape index (κ2) is 6.56. The Morgan fingerprint density at radius 1 is 1.48 bits per heavy atom. The fourth-order valence-corrected chi connectivity index (χ4v) is 3.84. The van der Waals surface area contributed by atoms with Crippen LogP contribution >= 0.6 is 0 Å². The molecule has 2 rings (SSSR count). The van der Waals surface area contributed by atoms with Crippen LogP contribution in [0.3, 0.4) is 0 Å². The summed E-state index contributed by atoms with van der Waals surface area (Å²) in [6.07, 6.45) is 2.09. The van der Waals surface area contributed by atoms with Crippen molar-refractivity contribution in [2.24, 2.45) is 5.41 Å². The van der Waals surface area contributed by atoms with E-state index < -0.39 is 10.0 Å². The molecule has 0 aliphatic carbocycles. The van der Waals surface area contributed by atoms with E-state index in [-0.39, 0.29) is 11.2 Å². The van der Waals surface area contributed by atoms with Gasteiger partial charge in [0.25, 0.3) is 0 Å². The number of nitrogens with one attached hydrogen (secondary N) is 2. The van der Waals surface area contributed by atoms with Gasteiger partial charge in [0.05, 0.1) is 17.4 Å². The van der Waals surface area contributed by atoms with E-state index in [1.807, 2.05) is 6.07 Å². The van der Waals surface area contributed by atoms with E-state index in [0.29, 0.717) is 17.7 Å². The molecular weight excluding hydrogens is 286 g/mol. The van der Waals surface area contributed by atoms with Gasteiger partial charge in [0, 0.05) is 13.1 Å². The van der Waals surface area contributed by atoms with E-state index in [2.05, 4.69) is 17.0 Å². The lowest BCUT2D eigenvalue weighted by Crippen LogP contribution is -2.45. The normalized spacial score (nSPS) is 22.7. The van der Waals surface area contributed by atoms with E-state index in [0.717, 1.165) is 25.9 Å². The fraction of sp³-hybridized carbons (Fsp3) is 0.533. The summed E-state index contributed by atoms with van der Waals surface area (Å²) < 4.78 is 27.0. The molecule has 1 aromatic carbocycles. The maximum absolute atomic E-state index is 12.2. The SMILES string of the molecule is CC1(CNS(=O)(=O)Cc2cccc(C#N)c2)CCCNC1. The Labute approximate surface area is 126 Å². The van der Waals surface area contributed by atoms with Gasteiger partial charge in [-0.25, -0.2) is 13.1 Å². The van der Waals surface area contributed by atoms with Gasteiger partial charge in [-0.15, -0.1) is 0 Å². The third kappa shape index (κ3) is 4.81. The third-order valence-corrected chi connectivity index (χ3v) is 5.11. The minimum Gasteiger partial charge on any atom is -0.316 e. The molecule has 1 fully saturated rings. The molecule has 1 aliphatic rings. The summed E-state index contributed by atoms with van der Waals surface area (Å²) in [7, 11) is -3.38. The molecule has 0 aromatic heterocycles. The Hall–Kier alpha value is -1.42. The summed E-state index contributed by atoms with van der Waals surface area (Å²) in [6, 6.07) is 8.73. The number of nitrogens with zero attached hydrogens (tertiary/aromatic N) is 1. The summed E-state index contributed by atoms with van der Waals surface area (Å²) in [5.41, 5.74) is 1.08. The van der Waals surface area contributed by atoms with Crippen LogP contribution in [0.4, 0.5) is 0 Å². The lowest BCUT2D eigenvalue weighted by molar-refractivity contribution is 0.238. The average Bonchev–Trinajstić information content (AvgIpc) is 2.46. The highest BCUT2D eigenvalue weighted by molar-refractivity contribution is 7.88. The highest BCUT2D eigenvalue weighted by Gasteiger charge is 2.28. The van der Waals surface area contributed by atoms with Crippen molar-refractivity contribution in [3.8, 4) is 6.07 Å². The van der Waals surface area contributed by atoms with Crippen LogP contribution in [-0.4, -0.2) is 28.1 Å². The van der Waals surface area contributed by atoms with Crippen molar-refractivity contribution in [1.82, 2.24) is 10.0 Å². The third-order valence-electron chi connectivity index (χ3n) is 3.82. The quantitative estimate of drug-likeness (QED) is 0.860. The minimum atomic E-state index is -3.38. The van der Waals surface area contributed by atoms with Crippen molar-refractivity contribution < 1.29 is 8.42 Å². The molecule has 1 aromatic rings. The molecule has 21 heavy (non-hydrogen) atoms. The van der Waals surface area contributed by atoms with Gasteiger partial charge < -0.3 is 5.32 Å². The molecular formula is C15H21N3O2S. The van der Waals surface area contributed by atoms with Crippen LogP contribution in [0.5, 0.6) is 0 Å². The number of hydrogen-bond donors (Lipinski definition) is 2. The summed E-state index contributed by atoms with van der Waals surface area (Å²) in [6.45, 7) is 4.38. The van der Waals surface area contributed by atoms with Crippen molar-refractivity contribution in [1.29, 1.82) is 5.26 Å². The molecule has 5 nitrogen and oxygen atoms in total. The van der Waals surface area contributed by atoms with E-state index in [9.17, 15) is 8.42 Å². The Morgan fingerprint density at radius 3 is 2.95 bits per heavy atom. The van der Waals surface area contributed by atoms with Gasteiger partial charge in [-0.3, -0.25) is 0 Å². The molecule has 1 heterocycles. The Bertz CT molecular complexity index is 629. The number of benzene rings is 1. The predicted octanol–water partition coefficient (Wildman–Crippen LogP) is 1.37.